The van der Waals surface area contributed by atoms with Gasteiger partial charge in [0.1, 0.15) is 0 Å². The highest BCUT2D eigenvalue weighted by Gasteiger charge is 2.18. The minimum atomic E-state index is -0.206. The van der Waals surface area contributed by atoms with E-state index < -0.39 is 0 Å². The normalized spacial score (nSPS) is 12.1. The highest BCUT2D eigenvalue weighted by molar-refractivity contribution is 5.93. The lowest BCUT2D eigenvalue weighted by atomic mass is 10.1. The van der Waals surface area contributed by atoms with E-state index in [1.54, 1.807) is 11.7 Å². The lowest BCUT2D eigenvalue weighted by molar-refractivity contribution is 0.0944. The van der Waals surface area contributed by atoms with E-state index >= 15 is 0 Å². The fourth-order valence-electron chi connectivity index (χ4n) is 2.39. The molecule has 0 aliphatic carbocycles. The predicted molar refractivity (Wildman–Crippen MR) is 88.4 cm³/mol. The average Bonchev–Trinajstić information content (AvgIpc) is 3.20. The monoisotopic (exact) mass is 325 g/mol. The molecule has 1 amide bonds. The van der Waals surface area contributed by atoms with Gasteiger partial charge in [-0.3, -0.25) is 9.48 Å². The van der Waals surface area contributed by atoms with Gasteiger partial charge in [0, 0.05) is 30.9 Å². The van der Waals surface area contributed by atoms with Crippen molar-refractivity contribution in [1.29, 1.82) is 0 Å². The third-order valence-corrected chi connectivity index (χ3v) is 3.69. The molecular weight excluding hydrogens is 306 g/mol. The summed E-state index contributed by atoms with van der Waals surface area (Å²) in [4.78, 5) is 16.6. The number of nitrogens with one attached hydrogen (secondary N) is 1. The van der Waals surface area contributed by atoms with Crippen LogP contribution in [0.5, 0.6) is 0 Å². The summed E-state index contributed by atoms with van der Waals surface area (Å²) in [6, 6.07) is 9.62. The maximum atomic E-state index is 12.2. The molecule has 24 heavy (non-hydrogen) atoms. The second-order valence-corrected chi connectivity index (χ2v) is 5.77. The molecule has 1 N–H and O–H groups in total. The van der Waals surface area contributed by atoms with Gasteiger partial charge in [0.15, 0.2) is 5.69 Å². The number of carbonyl (C=O) groups excluding carboxylic acids is 1. The zero-order chi connectivity index (χ0) is 17.1. The fourth-order valence-corrected chi connectivity index (χ4v) is 2.39. The van der Waals surface area contributed by atoms with Gasteiger partial charge < -0.3 is 9.84 Å². The maximum absolute atomic E-state index is 12.2. The first kappa shape index (κ1) is 15.9. The van der Waals surface area contributed by atoms with E-state index in [4.69, 9.17) is 4.52 Å². The van der Waals surface area contributed by atoms with Crippen LogP contribution in [-0.4, -0.2) is 32.4 Å². The largest absolute Gasteiger partial charge is 0.350 e. The lowest BCUT2D eigenvalue weighted by Crippen LogP contribution is -2.28. The van der Waals surface area contributed by atoms with Crippen molar-refractivity contribution in [2.24, 2.45) is 7.05 Å². The lowest BCUT2D eigenvalue weighted by Gasteiger charge is -2.07. The zero-order valence-electron chi connectivity index (χ0n) is 13.9. The van der Waals surface area contributed by atoms with Crippen LogP contribution in [-0.2, 0) is 7.05 Å². The van der Waals surface area contributed by atoms with Crippen LogP contribution in [0.4, 0.5) is 0 Å². The smallest absolute Gasteiger partial charge is 0.272 e. The molecule has 0 spiro atoms. The van der Waals surface area contributed by atoms with Gasteiger partial charge in [0.2, 0.25) is 11.7 Å². The van der Waals surface area contributed by atoms with Crippen LogP contribution in [0.1, 0.15) is 34.8 Å². The Morgan fingerprint density at radius 3 is 2.75 bits per heavy atom. The molecule has 0 fully saturated rings. The Labute approximate surface area is 139 Å². The minimum absolute atomic E-state index is 0.0945. The first-order valence-corrected chi connectivity index (χ1v) is 7.72. The van der Waals surface area contributed by atoms with E-state index in [1.807, 2.05) is 50.4 Å². The number of aryl methyl sites for hydroxylation is 2. The minimum Gasteiger partial charge on any atom is -0.350 e. The van der Waals surface area contributed by atoms with Gasteiger partial charge in [0.05, 0.1) is 5.92 Å². The molecule has 3 aromatic rings. The highest BCUT2D eigenvalue weighted by Crippen LogP contribution is 2.19. The molecule has 0 aliphatic rings. The van der Waals surface area contributed by atoms with Crippen molar-refractivity contribution in [2.45, 2.75) is 19.8 Å². The molecule has 2 heterocycles. The van der Waals surface area contributed by atoms with Gasteiger partial charge in [-0.1, -0.05) is 42.4 Å². The topological polar surface area (TPSA) is 85.8 Å². The summed E-state index contributed by atoms with van der Waals surface area (Å²) < 4.78 is 6.94. The maximum Gasteiger partial charge on any atom is 0.272 e. The molecule has 7 heteroatoms. The number of amides is 1. The second kappa shape index (κ2) is 6.66. The van der Waals surface area contributed by atoms with E-state index in [2.05, 4.69) is 20.6 Å². The first-order valence-electron chi connectivity index (χ1n) is 7.72. The standard InChI is InChI=1S/C17H19N5O2/c1-11(9-18-16(23)14-12(2)10-22(3)20-14)17-19-15(21-24-17)13-7-5-4-6-8-13/h4-8,10-11H,9H2,1-3H3,(H,18,23). The quantitative estimate of drug-likeness (QED) is 0.778. The molecule has 1 aromatic carbocycles. The molecule has 1 unspecified atom stereocenters. The second-order valence-electron chi connectivity index (χ2n) is 5.77. The van der Waals surface area contributed by atoms with E-state index in [0.717, 1.165) is 11.1 Å². The van der Waals surface area contributed by atoms with Gasteiger partial charge in [-0.05, 0) is 6.92 Å². The number of benzene rings is 1. The molecule has 2 aromatic heterocycles. The van der Waals surface area contributed by atoms with Gasteiger partial charge in [-0.15, -0.1) is 0 Å². The van der Waals surface area contributed by atoms with Crippen molar-refractivity contribution < 1.29 is 9.32 Å². The van der Waals surface area contributed by atoms with Gasteiger partial charge in [-0.2, -0.15) is 10.1 Å². The SMILES string of the molecule is Cc1cn(C)nc1C(=O)NCC(C)c1nc(-c2ccccc2)no1. The summed E-state index contributed by atoms with van der Waals surface area (Å²) in [6.07, 6.45) is 1.81. The van der Waals surface area contributed by atoms with E-state index in [-0.39, 0.29) is 11.8 Å². The van der Waals surface area contributed by atoms with Crippen LogP contribution in [0.3, 0.4) is 0 Å². The van der Waals surface area contributed by atoms with Gasteiger partial charge in [-0.25, -0.2) is 0 Å². The Morgan fingerprint density at radius 1 is 1.33 bits per heavy atom. The van der Waals surface area contributed by atoms with Crippen molar-refractivity contribution in [3.63, 3.8) is 0 Å². The number of hydrogen-bond donors (Lipinski definition) is 1. The summed E-state index contributed by atoms with van der Waals surface area (Å²) in [7, 11) is 1.79. The van der Waals surface area contributed by atoms with E-state index in [1.165, 1.54) is 0 Å². The van der Waals surface area contributed by atoms with Crippen LogP contribution < -0.4 is 5.32 Å². The Bertz CT molecular complexity index is 838. The van der Waals surface area contributed by atoms with Crippen LogP contribution in [0.2, 0.25) is 0 Å². The first-order chi connectivity index (χ1) is 11.5. The molecule has 3 rings (SSSR count). The van der Waals surface area contributed by atoms with E-state index in [9.17, 15) is 4.79 Å². The zero-order valence-corrected chi connectivity index (χ0v) is 13.9. The number of rotatable bonds is 5. The molecule has 124 valence electrons. The Hall–Kier alpha value is -2.96. The van der Waals surface area contributed by atoms with Crippen molar-refractivity contribution in [3.05, 3.63) is 53.7 Å². The third kappa shape index (κ3) is 3.34. The van der Waals surface area contributed by atoms with Crippen molar-refractivity contribution in [3.8, 4) is 11.4 Å². The molecule has 7 nitrogen and oxygen atoms in total. The van der Waals surface area contributed by atoms with E-state index in [0.29, 0.717) is 24.0 Å². The summed E-state index contributed by atoms with van der Waals surface area (Å²) in [5.41, 5.74) is 2.17. The van der Waals surface area contributed by atoms with Crippen LogP contribution >= 0.6 is 0 Å². The highest BCUT2D eigenvalue weighted by atomic mass is 16.5. The molecule has 0 bridgehead atoms. The Morgan fingerprint density at radius 2 is 2.08 bits per heavy atom. The van der Waals surface area contributed by atoms with Crippen LogP contribution in [0.15, 0.2) is 41.1 Å². The summed E-state index contributed by atoms with van der Waals surface area (Å²) in [5.74, 6) is 0.738. The number of hydrogen-bond acceptors (Lipinski definition) is 5. The van der Waals surface area contributed by atoms with Crippen molar-refractivity contribution >= 4 is 5.91 Å². The molecular formula is C17H19N5O2. The number of aromatic nitrogens is 4. The number of carbonyl (C=O) groups is 1. The predicted octanol–water partition coefficient (Wildman–Crippen LogP) is 2.31. The van der Waals surface area contributed by atoms with Crippen molar-refractivity contribution in [2.75, 3.05) is 6.54 Å². The summed E-state index contributed by atoms with van der Waals surface area (Å²) >= 11 is 0. The van der Waals surface area contributed by atoms with Gasteiger partial charge >= 0.3 is 0 Å². The fraction of sp³-hybridized carbons (Fsp3) is 0.294. The Kier molecular flexibility index (Phi) is 4.41. The van der Waals surface area contributed by atoms with Crippen LogP contribution in [0.25, 0.3) is 11.4 Å². The molecule has 0 saturated carbocycles. The Balaban J connectivity index is 1.63. The molecule has 0 saturated heterocycles. The molecule has 0 radical (unpaired) electrons. The average molecular weight is 325 g/mol. The number of nitrogens with zero attached hydrogens (tertiary/aromatic N) is 4. The summed E-state index contributed by atoms with van der Waals surface area (Å²) in [5, 5.41) is 11.0. The van der Waals surface area contributed by atoms with Crippen LogP contribution in [0, 0.1) is 6.92 Å². The van der Waals surface area contributed by atoms with Gasteiger partial charge in [0.25, 0.3) is 5.91 Å². The molecule has 1 atom stereocenters. The summed E-state index contributed by atoms with van der Waals surface area (Å²) in [6.45, 7) is 4.18. The van der Waals surface area contributed by atoms with Crippen molar-refractivity contribution in [1.82, 2.24) is 25.2 Å². The molecule has 0 aliphatic heterocycles. The third-order valence-electron chi connectivity index (χ3n) is 3.69.